The minimum Gasteiger partial charge on any atom is -0.293 e. The van der Waals surface area contributed by atoms with E-state index in [0.717, 1.165) is 17.6 Å². The second kappa shape index (κ2) is 7.01. The van der Waals surface area contributed by atoms with E-state index in [9.17, 15) is 10.1 Å². The largest absolute Gasteiger partial charge is 0.293 e. The van der Waals surface area contributed by atoms with Crippen LogP contribution in [0.3, 0.4) is 0 Å². The Morgan fingerprint density at radius 1 is 1.29 bits per heavy atom. The summed E-state index contributed by atoms with van der Waals surface area (Å²) in [6.45, 7) is 10.7. The van der Waals surface area contributed by atoms with Crippen LogP contribution < -0.4 is 0 Å². The third kappa shape index (κ3) is 3.26. The van der Waals surface area contributed by atoms with Crippen LogP contribution in [0.15, 0.2) is 64.8 Å². The van der Waals surface area contributed by atoms with Crippen LogP contribution in [-0.2, 0) is 0 Å². The Bertz CT molecular complexity index is 770. The maximum atomic E-state index is 12.8. The van der Waals surface area contributed by atoms with Crippen molar-refractivity contribution in [3.63, 3.8) is 0 Å². The van der Waals surface area contributed by atoms with E-state index in [1.54, 1.807) is 0 Å². The molecule has 1 aromatic rings. The summed E-state index contributed by atoms with van der Waals surface area (Å²) in [7, 11) is 0. The van der Waals surface area contributed by atoms with Gasteiger partial charge in [-0.3, -0.25) is 4.79 Å². The Morgan fingerprint density at radius 3 is 2.46 bits per heavy atom. The highest BCUT2D eigenvalue weighted by atomic mass is 16.1. The summed E-state index contributed by atoms with van der Waals surface area (Å²) >= 11 is 0. The molecule has 0 amide bonds. The van der Waals surface area contributed by atoms with Gasteiger partial charge in [-0.15, -0.1) is 0 Å². The van der Waals surface area contributed by atoms with E-state index in [1.807, 2.05) is 43.3 Å². The molecule has 0 N–H and O–H groups in total. The maximum Gasteiger partial charge on any atom is 0.175 e. The molecule has 1 atom stereocenters. The highest BCUT2D eigenvalue weighted by molar-refractivity contribution is 6.04. The first-order chi connectivity index (χ1) is 11.3. The van der Waals surface area contributed by atoms with Gasteiger partial charge in [0.1, 0.15) is 0 Å². The van der Waals surface area contributed by atoms with Gasteiger partial charge in [-0.2, -0.15) is 5.26 Å². The highest BCUT2D eigenvalue weighted by Crippen LogP contribution is 2.42. The third-order valence-corrected chi connectivity index (χ3v) is 5.34. The topological polar surface area (TPSA) is 40.9 Å². The van der Waals surface area contributed by atoms with Crippen molar-refractivity contribution >= 4 is 5.78 Å². The van der Waals surface area contributed by atoms with Crippen molar-refractivity contribution in [1.82, 2.24) is 0 Å². The number of Topliss-reactive ketones (excluding diaryl/α,β-unsaturated/α-hetero) is 1. The highest BCUT2D eigenvalue weighted by Gasteiger charge is 2.38. The third-order valence-electron chi connectivity index (χ3n) is 5.34. The van der Waals surface area contributed by atoms with Crippen LogP contribution in [0.4, 0.5) is 0 Å². The molecular formula is C22H25NO. The Kier molecular flexibility index (Phi) is 5.24. The molecule has 1 aromatic carbocycles. The molecule has 124 valence electrons. The molecule has 0 fully saturated rings. The average Bonchev–Trinajstić information content (AvgIpc) is 2.59. The number of carbonyl (C=O) groups excluding carboxylic acids is 1. The summed E-state index contributed by atoms with van der Waals surface area (Å²) in [6.07, 6.45) is 5.18. The molecule has 1 unspecified atom stereocenters. The second-order valence-corrected chi connectivity index (χ2v) is 7.02. The number of benzene rings is 1. The quantitative estimate of drug-likeness (QED) is 0.658. The zero-order chi connectivity index (χ0) is 17.9. The van der Waals surface area contributed by atoms with Crippen LogP contribution in [0.25, 0.3) is 0 Å². The molecule has 0 aromatic heterocycles. The van der Waals surface area contributed by atoms with Crippen LogP contribution in [0, 0.1) is 22.7 Å². The predicted octanol–water partition coefficient (Wildman–Crippen LogP) is 5.65. The van der Waals surface area contributed by atoms with E-state index < -0.39 is 5.92 Å². The number of ketones is 1. The standard InChI is InChI=1S/C22H25NO/c1-6-22(4,5)15(2)12-13-18-16(3)19(14-23)20(18)21(24)17-10-8-7-9-11-17/h7-13,20H,6H2,1-5H3/b15-12-,18-13-. The maximum absolute atomic E-state index is 12.8. The van der Waals surface area contributed by atoms with Gasteiger partial charge >= 0.3 is 0 Å². The van der Waals surface area contributed by atoms with Crippen molar-refractivity contribution in [1.29, 1.82) is 5.26 Å². The number of carbonyl (C=O) groups is 1. The summed E-state index contributed by atoms with van der Waals surface area (Å²) < 4.78 is 0. The first kappa shape index (κ1) is 17.9. The van der Waals surface area contributed by atoms with Gasteiger partial charge < -0.3 is 0 Å². The molecule has 0 radical (unpaired) electrons. The zero-order valence-electron chi connectivity index (χ0n) is 15.2. The molecule has 2 rings (SSSR count). The Morgan fingerprint density at radius 2 is 1.92 bits per heavy atom. The van der Waals surface area contributed by atoms with Crippen molar-refractivity contribution < 1.29 is 4.79 Å². The van der Waals surface area contributed by atoms with Gasteiger partial charge in [-0.25, -0.2) is 0 Å². The predicted molar refractivity (Wildman–Crippen MR) is 98.5 cm³/mol. The lowest BCUT2D eigenvalue weighted by Crippen LogP contribution is -2.28. The van der Waals surface area contributed by atoms with Gasteiger partial charge in [0.25, 0.3) is 0 Å². The smallest absolute Gasteiger partial charge is 0.175 e. The molecule has 0 aliphatic heterocycles. The van der Waals surface area contributed by atoms with Gasteiger partial charge in [-0.1, -0.05) is 68.8 Å². The summed E-state index contributed by atoms with van der Waals surface area (Å²) in [5.74, 6) is -0.420. The number of rotatable bonds is 5. The minimum atomic E-state index is -0.425. The fourth-order valence-electron chi connectivity index (χ4n) is 2.80. The lowest BCUT2D eigenvalue weighted by atomic mass is 9.70. The summed E-state index contributed by atoms with van der Waals surface area (Å²) in [6, 6.07) is 11.4. The van der Waals surface area contributed by atoms with Crippen LogP contribution >= 0.6 is 0 Å². The zero-order valence-corrected chi connectivity index (χ0v) is 15.2. The van der Waals surface area contributed by atoms with Gasteiger partial charge in [0, 0.05) is 11.1 Å². The Balaban J connectivity index is 2.38. The monoisotopic (exact) mass is 319 g/mol. The van der Waals surface area contributed by atoms with Gasteiger partial charge in [-0.05, 0) is 36.8 Å². The summed E-state index contributed by atoms with van der Waals surface area (Å²) in [5, 5.41) is 9.38. The van der Waals surface area contributed by atoms with Gasteiger partial charge in [0.05, 0.1) is 12.0 Å². The molecule has 0 bridgehead atoms. The molecule has 2 nitrogen and oxygen atoms in total. The second-order valence-electron chi connectivity index (χ2n) is 7.02. The number of nitrogens with zero attached hydrogens (tertiary/aromatic N) is 1. The Hall–Kier alpha value is -2.40. The molecule has 0 saturated heterocycles. The van der Waals surface area contributed by atoms with E-state index in [4.69, 9.17) is 0 Å². The molecule has 0 spiro atoms. The van der Waals surface area contributed by atoms with Gasteiger partial charge in [0.15, 0.2) is 5.78 Å². The van der Waals surface area contributed by atoms with Crippen molar-refractivity contribution in [2.45, 2.75) is 41.0 Å². The lowest BCUT2D eigenvalue weighted by Gasteiger charge is -2.30. The Labute approximate surface area is 145 Å². The van der Waals surface area contributed by atoms with E-state index in [-0.39, 0.29) is 11.2 Å². The normalized spacial score (nSPS) is 19.9. The minimum absolute atomic E-state index is 0.00445. The summed E-state index contributed by atoms with van der Waals surface area (Å²) in [4.78, 5) is 12.8. The fraction of sp³-hybridized carbons (Fsp3) is 0.364. The van der Waals surface area contributed by atoms with Crippen molar-refractivity contribution in [3.8, 4) is 6.07 Å². The molecule has 1 aliphatic carbocycles. The number of hydrogen-bond donors (Lipinski definition) is 0. The van der Waals surface area contributed by atoms with Crippen LogP contribution in [0.2, 0.25) is 0 Å². The van der Waals surface area contributed by atoms with Gasteiger partial charge in [0.2, 0.25) is 0 Å². The molecule has 0 heterocycles. The SMILES string of the molecule is CCC(C)(C)/C(C)=C\C=C1\C(C)=C(C#N)C1C(=O)c1ccccc1. The van der Waals surface area contributed by atoms with Crippen molar-refractivity contribution in [2.75, 3.05) is 0 Å². The lowest BCUT2D eigenvalue weighted by molar-refractivity contribution is 0.0952. The van der Waals surface area contributed by atoms with E-state index >= 15 is 0 Å². The molecule has 24 heavy (non-hydrogen) atoms. The first-order valence-electron chi connectivity index (χ1n) is 8.43. The molecule has 0 saturated carbocycles. The molecule has 2 heteroatoms. The number of nitriles is 1. The van der Waals surface area contributed by atoms with Crippen molar-refractivity contribution in [2.24, 2.45) is 11.3 Å². The average molecular weight is 319 g/mol. The van der Waals surface area contributed by atoms with Crippen molar-refractivity contribution in [3.05, 3.63) is 70.3 Å². The summed E-state index contributed by atoms with van der Waals surface area (Å²) in [5.41, 5.74) is 4.56. The number of allylic oxidation sites excluding steroid dienone is 6. The van der Waals surface area contributed by atoms with Crippen LogP contribution in [0.5, 0.6) is 0 Å². The molecular weight excluding hydrogens is 294 g/mol. The molecule has 1 aliphatic rings. The first-order valence-corrected chi connectivity index (χ1v) is 8.43. The number of hydrogen-bond acceptors (Lipinski definition) is 2. The van der Waals surface area contributed by atoms with Crippen LogP contribution in [0.1, 0.15) is 51.4 Å². The van der Waals surface area contributed by atoms with E-state index in [2.05, 4.69) is 39.8 Å². The fourth-order valence-corrected chi connectivity index (χ4v) is 2.80. The van der Waals surface area contributed by atoms with E-state index in [0.29, 0.717) is 11.1 Å². The van der Waals surface area contributed by atoms with Crippen LogP contribution in [-0.4, -0.2) is 5.78 Å². The van der Waals surface area contributed by atoms with E-state index in [1.165, 1.54) is 5.57 Å².